The number of halogens is 1. The van der Waals surface area contributed by atoms with Crippen LogP contribution in [0.2, 0.25) is 5.15 Å². The van der Waals surface area contributed by atoms with Gasteiger partial charge in [-0.05, 0) is 6.92 Å². The number of carbonyl (C=O) groups excluding carboxylic acids is 1. The van der Waals surface area contributed by atoms with E-state index in [0.29, 0.717) is 17.3 Å². The van der Waals surface area contributed by atoms with Crippen molar-refractivity contribution >= 4 is 23.6 Å². The quantitative estimate of drug-likeness (QED) is 0.583. The summed E-state index contributed by atoms with van der Waals surface area (Å²) < 4.78 is 4.76. The first-order valence-electron chi connectivity index (χ1n) is 4.51. The largest absolute Gasteiger partial charge is 0.466 e. The number of hydrogen-bond acceptors (Lipinski definition) is 4. The van der Waals surface area contributed by atoms with Crippen molar-refractivity contribution in [3.8, 4) is 0 Å². The first-order valence-corrected chi connectivity index (χ1v) is 4.89. The molecule has 0 aliphatic carbocycles. The van der Waals surface area contributed by atoms with E-state index < -0.39 is 0 Å². The number of aromatic nitrogens is 2. The number of rotatable bonds is 4. The highest BCUT2D eigenvalue weighted by Gasteiger charge is 1.98. The fourth-order valence-corrected chi connectivity index (χ4v) is 1.09. The van der Waals surface area contributed by atoms with Gasteiger partial charge in [0.05, 0.1) is 13.0 Å². The molecule has 15 heavy (non-hydrogen) atoms. The highest BCUT2D eigenvalue weighted by molar-refractivity contribution is 6.30. The molecule has 4 nitrogen and oxygen atoms in total. The van der Waals surface area contributed by atoms with Crippen LogP contribution in [0.4, 0.5) is 0 Å². The van der Waals surface area contributed by atoms with Crippen molar-refractivity contribution in [1.29, 1.82) is 0 Å². The minimum Gasteiger partial charge on any atom is -0.466 e. The van der Waals surface area contributed by atoms with Crippen LogP contribution in [0.15, 0.2) is 18.6 Å². The summed E-state index contributed by atoms with van der Waals surface area (Å²) in [5.41, 5.74) is 0.684. The molecule has 1 aromatic heterocycles. The number of carbonyl (C=O) groups is 1. The molecule has 0 radical (unpaired) electrons. The third kappa shape index (κ3) is 4.08. The average molecular weight is 227 g/mol. The standard InChI is InChI=1S/C10H11ClN2O2/c1-2-15-9(14)5-3-4-8-6-12-7-13-10(8)11/h3-4,6-7H,2,5H2,1H3. The fraction of sp³-hybridized carbons (Fsp3) is 0.300. The third-order valence-corrected chi connectivity index (χ3v) is 1.89. The normalized spacial score (nSPS) is 10.5. The Kier molecular flexibility index (Phi) is 4.77. The first-order chi connectivity index (χ1) is 7.24. The van der Waals surface area contributed by atoms with Gasteiger partial charge in [0.1, 0.15) is 11.5 Å². The lowest BCUT2D eigenvalue weighted by atomic mass is 10.3. The highest BCUT2D eigenvalue weighted by Crippen LogP contribution is 2.11. The van der Waals surface area contributed by atoms with Crippen molar-refractivity contribution < 1.29 is 9.53 Å². The Balaban J connectivity index is 2.52. The van der Waals surface area contributed by atoms with E-state index in [4.69, 9.17) is 16.3 Å². The Morgan fingerprint density at radius 1 is 1.67 bits per heavy atom. The molecule has 0 fully saturated rings. The summed E-state index contributed by atoms with van der Waals surface area (Å²) in [5.74, 6) is -0.262. The molecule has 1 aromatic rings. The van der Waals surface area contributed by atoms with Crippen molar-refractivity contribution in [3.63, 3.8) is 0 Å². The zero-order chi connectivity index (χ0) is 11.1. The molecule has 0 spiro atoms. The molecule has 80 valence electrons. The van der Waals surface area contributed by atoms with Gasteiger partial charge in [-0.1, -0.05) is 23.8 Å². The molecule has 1 heterocycles. The van der Waals surface area contributed by atoms with Gasteiger partial charge in [0, 0.05) is 11.8 Å². The SMILES string of the molecule is CCOC(=O)CC=Cc1cncnc1Cl. The van der Waals surface area contributed by atoms with Crippen LogP contribution < -0.4 is 0 Å². The number of ether oxygens (including phenoxy) is 1. The second-order valence-electron chi connectivity index (χ2n) is 2.68. The molecule has 0 atom stereocenters. The van der Waals surface area contributed by atoms with Crippen molar-refractivity contribution in [3.05, 3.63) is 29.3 Å². The van der Waals surface area contributed by atoms with Crippen LogP contribution in [0.25, 0.3) is 6.08 Å². The Morgan fingerprint density at radius 2 is 2.47 bits per heavy atom. The number of nitrogens with zero attached hydrogens (tertiary/aromatic N) is 2. The lowest BCUT2D eigenvalue weighted by Gasteiger charge is -1.97. The topological polar surface area (TPSA) is 52.1 Å². The molecule has 0 aromatic carbocycles. The van der Waals surface area contributed by atoms with Crippen molar-refractivity contribution in [1.82, 2.24) is 9.97 Å². The second-order valence-corrected chi connectivity index (χ2v) is 3.04. The van der Waals surface area contributed by atoms with E-state index in [-0.39, 0.29) is 12.4 Å². The Labute approximate surface area is 92.9 Å². The average Bonchev–Trinajstić information content (AvgIpc) is 2.21. The molecule has 5 heteroatoms. The summed E-state index contributed by atoms with van der Waals surface area (Å²) in [4.78, 5) is 18.6. The van der Waals surface area contributed by atoms with Crippen LogP contribution >= 0.6 is 11.6 Å². The summed E-state index contributed by atoms with van der Waals surface area (Å²) in [5, 5.41) is 0.366. The molecule has 0 N–H and O–H groups in total. The van der Waals surface area contributed by atoms with Crippen LogP contribution in [-0.2, 0) is 9.53 Å². The van der Waals surface area contributed by atoms with Crippen LogP contribution in [0.3, 0.4) is 0 Å². The van der Waals surface area contributed by atoms with Crippen LogP contribution in [0.5, 0.6) is 0 Å². The molecule has 0 aliphatic rings. The summed E-state index contributed by atoms with van der Waals surface area (Å²) >= 11 is 5.78. The predicted molar refractivity (Wildman–Crippen MR) is 57.3 cm³/mol. The molecule has 0 bridgehead atoms. The summed E-state index contributed by atoms with van der Waals surface area (Å²) in [6.45, 7) is 2.16. The van der Waals surface area contributed by atoms with Gasteiger partial charge in [0.15, 0.2) is 0 Å². The van der Waals surface area contributed by atoms with Gasteiger partial charge in [-0.2, -0.15) is 0 Å². The monoisotopic (exact) mass is 226 g/mol. The minimum atomic E-state index is -0.262. The lowest BCUT2D eigenvalue weighted by Crippen LogP contribution is -2.01. The van der Waals surface area contributed by atoms with E-state index >= 15 is 0 Å². The Hall–Kier alpha value is -1.42. The van der Waals surface area contributed by atoms with Crippen LogP contribution in [0, 0.1) is 0 Å². The molecule has 1 rings (SSSR count). The molecular weight excluding hydrogens is 216 g/mol. The zero-order valence-corrected chi connectivity index (χ0v) is 9.07. The minimum absolute atomic E-state index is 0.221. The maximum Gasteiger partial charge on any atom is 0.309 e. The predicted octanol–water partition coefficient (Wildman–Crippen LogP) is 2.10. The van der Waals surface area contributed by atoms with Gasteiger partial charge in [-0.25, -0.2) is 9.97 Å². The van der Waals surface area contributed by atoms with Gasteiger partial charge in [0.25, 0.3) is 0 Å². The summed E-state index contributed by atoms with van der Waals surface area (Å²) in [6.07, 6.45) is 6.53. The fourth-order valence-electron chi connectivity index (χ4n) is 0.939. The number of esters is 1. The summed E-state index contributed by atoms with van der Waals surface area (Å²) in [7, 11) is 0. The molecule has 0 unspecified atom stereocenters. The van der Waals surface area contributed by atoms with Gasteiger partial charge in [-0.3, -0.25) is 4.79 Å². The van der Waals surface area contributed by atoms with E-state index in [0.717, 1.165) is 0 Å². The van der Waals surface area contributed by atoms with Crippen molar-refractivity contribution in [2.45, 2.75) is 13.3 Å². The van der Waals surface area contributed by atoms with Crippen molar-refractivity contribution in [2.24, 2.45) is 0 Å². The Morgan fingerprint density at radius 3 is 3.13 bits per heavy atom. The number of hydrogen-bond donors (Lipinski definition) is 0. The van der Waals surface area contributed by atoms with Crippen LogP contribution in [0.1, 0.15) is 18.9 Å². The summed E-state index contributed by atoms with van der Waals surface area (Å²) in [6, 6.07) is 0. The Bertz CT molecular complexity index is 366. The van der Waals surface area contributed by atoms with Gasteiger partial charge >= 0.3 is 5.97 Å². The molecule has 0 amide bonds. The second kappa shape index (κ2) is 6.14. The van der Waals surface area contributed by atoms with E-state index in [2.05, 4.69) is 9.97 Å². The molecule has 0 saturated heterocycles. The van der Waals surface area contributed by atoms with Crippen LogP contribution in [-0.4, -0.2) is 22.5 Å². The lowest BCUT2D eigenvalue weighted by molar-refractivity contribution is -0.142. The van der Waals surface area contributed by atoms with Gasteiger partial charge in [-0.15, -0.1) is 0 Å². The van der Waals surface area contributed by atoms with E-state index in [1.807, 2.05) is 0 Å². The molecular formula is C10H11ClN2O2. The van der Waals surface area contributed by atoms with E-state index in [1.54, 1.807) is 25.3 Å². The maximum absolute atomic E-state index is 11.0. The first kappa shape index (κ1) is 11.7. The zero-order valence-electron chi connectivity index (χ0n) is 8.31. The molecule has 0 aliphatic heterocycles. The van der Waals surface area contributed by atoms with Gasteiger partial charge < -0.3 is 4.74 Å². The third-order valence-electron chi connectivity index (χ3n) is 1.58. The maximum atomic E-state index is 11.0. The van der Waals surface area contributed by atoms with Crippen molar-refractivity contribution in [2.75, 3.05) is 6.61 Å². The van der Waals surface area contributed by atoms with E-state index in [1.165, 1.54) is 6.33 Å². The highest BCUT2D eigenvalue weighted by atomic mass is 35.5. The van der Waals surface area contributed by atoms with E-state index in [9.17, 15) is 4.79 Å². The smallest absolute Gasteiger partial charge is 0.309 e. The molecule has 0 saturated carbocycles. The van der Waals surface area contributed by atoms with Gasteiger partial charge in [0.2, 0.25) is 0 Å².